The fourth-order valence-corrected chi connectivity index (χ4v) is 9.11. The Morgan fingerprint density at radius 3 is 2.31 bits per heavy atom. The number of esters is 2. The number of rotatable bonds is 10. The number of ether oxygens (including phenoxy) is 4. The Bertz CT molecular complexity index is 1840. The molecule has 2 aliphatic rings. The quantitative estimate of drug-likeness (QED) is 0.0941. The summed E-state index contributed by atoms with van der Waals surface area (Å²) in [6, 6.07) is 0. The number of thiazole rings is 1. The molecule has 0 radical (unpaired) electrons. The Balaban J connectivity index is 2.12. The highest BCUT2D eigenvalue weighted by Gasteiger charge is 2.53. The maximum absolute atomic E-state index is 14.6. The molecule has 0 unspecified atom stereocenters. The van der Waals surface area contributed by atoms with Gasteiger partial charge in [-0.05, 0) is 98.5 Å². The second-order valence-corrected chi connectivity index (χ2v) is 20.1. The number of hydrogen-bond donors (Lipinski definition) is 6. The molecule has 0 aromatic carbocycles. The molecule has 0 amide bonds. The van der Waals surface area contributed by atoms with Gasteiger partial charge in [0.25, 0.3) is 0 Å². The van der Waals surface area contributed by atoms with Crippen LogP contribution in [0.5, 0.6) is 0 Å². The van der Waals surface area contributed by atoms with Crippen LogP contribution in [0.1, 0.15) is 119 Å². The van der Waals surface area contributed by atoms with Crippen LogP contribution in [0.2, 0.25) is 0 Å². The topological polar surface area (TPSA) is 226 Å². The number of allylic oxidation sites excluding steroid dienone is 4. The second-order valence-electron chi connectivity index (χ2n) is 19.3. The third-order valence-electron chi connectivity index (χ3n) is 13.2. The van der Waals surface area contributed by atoms with Gasteiger partial charge in [0.1, 0.15) is 40.3 Å². The summed E-state index contributed by atoms with van der Waals surface area (Å²) in [5, 5.41) is 69.2. The molecule has 1 aromatic heterocycles. The molecule has 1 aromatic rings. The molecule has 0 saturated carbocycles. The van der Waals surface area contributed by atoms with Crippen LogP contribution in [0.4, 0.5) is 0 Å². The van der Waals surface area contributed by atoms with E-state index in [0.29, 0.717) is 12.0 Å². The zero-order valence-electron chi connectivity index (χ0n) is 40.2. The van der Waals surface area contributed by atoms with Crippen molar-refractivity contribution in [1.29, 1.82) is 0 Å². The molecule has 1 fully saturated rings. The summed E-state index contributed by atoms with van der Waals surface area (Å²) in [5.41, 5.74) is -2.04. The molecule has 1 saturated heterocycles. The first-order valence-electron chi connectivity index (χ1n) is 22.6. The van der Waals surface area contributed by atoms with Crippen LogP contribution in [-0.4, -0.2) is 121 Å². The molecule has 16 atom stereocenters. The Morgan fingerprint density at radius 1 is 1.09 bits per heavy atom. The number of aliphatic hydroxyl groups is 6. The van der Waals surface area contributed by atoms with Gasteiger partial charge in [-0.3, -0.25) is 9.59 Å². The predicted octanol–water partition coefficient (Wildman–Crippen LogP) is 5.70. The average molecular weight is 920 g/mol. The summed E-state index contributed by atoms with van der Waals surface area (Å²) in [5.74, 6) is -6.37. The number of carbonyl (C=O) groups excluding carboxylic acids is 3. The van der Waals surface area contributed by atoms with Crippen molar-refractivity contribution in [2.45, 2.75) is 175 Å². The SMILES string of the molecule is CO[C@@H]1/C(C)=C/C=C/[C@H](C)[C@H]([C@](C)(O)/C=C(/C)Cc2csc([C@@]3(C)O[C@@H]3C)n2)OC(=O)[C@@](C)(OC(=O)[C@H](C)[C@H](C)O)CC[C@@H](C)C[C@H](O)[C@@H](C)C(=O)[C@H](CO)/C=C\C[C@H](C)[C@H](O)[C@@H]1O. The first kappa shape index (κ1) is 55.2. The van der Waals surface area contributed by atoms with Gasteiger partial charge < -0.3 is 49.6 Å². The van der Waals surface area contributed by atoms with E-state index in [0.717, 1.165) is 16.3 Å². The molecule has 64 heavy (non-hydrogen) atoms. The number of epoxide rings is 1. The number of cyclic esters (lactones) is 1. The van der Waals surface area contributed by atoms with E-state index >= 15 is 0 Å². The maximum atomic E-state index is 14.6. The first-order chi connectivity index (χ1) is 29.7. The van der Waals surface area contributed by atoms with Crippen molar-refractivity contribution < 1.29 is 64.0 Å². The largest absolute Gasteiger partial charge is 0.455 e. The van der Waals surface area contributed by atoms with E-state index in [9.17, 15) is 45.0 Å². The van der Waals surface area contributed by atoms with E-state index < -0.39 is 102 Å². The van der Waals surface area contributed by atoms with E-state index in [-0.39, 0.29) is 43.5 Å². The number of methoxy groups -OCH3 is 1. The lowest BCUT2D eigenvalue weighted by Gasteiger charge is -2.37. The molecule has 3 rings (SSSR count). The predicted molar refractivity (Wildman–Crippen MR) is 245 cm³/mol. The van der Waals surface area contributed by atoms with Gasteiger partial charge in [-0.15, -0.1) is 11.3 Å². The van der Waals surface area contributed by atoms with Gasteiger partial charge >= 0.3 is 11.9 Å². The minimum absolute atomic E-state index is 0.0591. The summed E-state index contributed by atoms with van der Waals surface area (Å²) in [6.45, 7) is 19.9. The van der Waals surface area contributed by atoms with Gasteiger partial charge in [0.2, 0.25) is 5.60 Å². The number of aliphatic hydroxyl groups excluding tert-OH is 5. The summed E-state index contributed by atoms with van der Waals surface area (Å²) in [7, 11) is 1.41. The van der Waals surface area contributed by atoms with Crippen molar-refractivity contribution in [1.82, 2.24) is 4.98 Å². The molecule has 15 heteroatoms. The lowest BCUT2D eigenvalue weighted by atomic mass is 9.83. The standard InChI is InChI=1S/C49H77NO13S/c1-27-20-21-48(11,63-44(57)32(6)34(8)52)46(58)61-43(47(10,59)24-28(2)22-37-26-64-45(50-37)49(12)35(9)62-49)31(5)18-14-17-30(4)42(60-13)41(56)39(54)29(3)16-15-19-36(25-51)40(55)33(7)38(53)23-27/h14-15,17-19,24,26-27,29,31-36,38-39,41-43,51-54,56,59H,16,20-23,25H2,1-13H3/b18-14+,19-15-,28-24-,30-17+/t27-,29+,31+,32-,33-,34+,35-,36+,38+,39+,41+,42-,43-,47-,48+,49+/m1/s1. The van der Waals surface area contributed by atoms with Crippen LogP contribution in [0.15, 0.2) is 53.0 Å². The van der Waals surface area contributed by atoms with Gasteiger partial charge in [-0.1, -0.05) is 69.7 Å². The summed E-state index contributed by atoms with van der Waals surface area (Å²) in [6.07, 6.45) is 4.07. The Hall–Kier alpha value is -3.12. The zero-order chi connectivity index (χ0) is 48.5. The third-order valence-corrected chi connectivity index (χ3v) is 14.3. The van der Waals surface area contributed by atoms with Crippen molar-refractivity contribution in [3.05, 3.63) is 63.7 Å². The molecule has 6 N–H and O–H groups in total. The highest BCUT2D eigenvalue weighted by Crippen LogP contribution is 2.46. The van der Waals surface area contributed by atoms with E-state index in [1.807, 2.05) is 33.1 Å². The van der Waals surface area contributed by atoms with E-state index in [4.69, 9.17) is 23.9 Å². The number of aromatic nitrogens is 1. The van der Waals surface area contributed by atoms with Crippen LogP contribution < -0.4 is 0 Å². The third kappa shape index (κ3) is 14.4. The van der Waals surface area contributed by atoms with Crippen LogP contribution in [0.3, 0.4) is 0 Å². The summed E-state index contributed by atoms with van der Waals surface area (Å²) >= 11 is 1.50. The fourth-order valence-electron chi connectivity index (χ4n) is 8.11. The molecule has 2 aliphatic heterocycles. The molecule has 0 aliphatic carbocycles. The summed E-state index contributed by atoms with van der Waals surface area (Å²) < 4.78 is 23.6. The summed E-state index contributed by atoms with van der Waals surface area (Å²) in [4.78, 5) is 46.3. The van der Waals surface area contributed by atoms with E-state index in [1.54, 1.807) is 64.2 Å². The lowest BCUT2D eigenvalue weighted by molar-refractivity contribution is -0.197. The number of ketones is 1. The second kappa shape index (κ2) is 23.6. The number of carbonyl (C=O) groups is 3. The van der Waals surface area contributed by atoms with Crippen LogP contribution in [0.25, 0.3) is 0 Å². The van der Waals surface area contributed by atoms with Crippen molar-refractivity contribution >= 4 is 29.1 Å². The minimum atomic E-state index is -1.91. The maximum Gasteiger partial charge on any atom is 0.350 e. The molecule has 3 heterocycles. The van der Waals surface area contributed by atoms with Gasteiger partial charge in [0, 0.05) is 30.7 Å². The highest BCUT2D eigenvalue weighted by molar-refractivity contribution is 7.09. The average Bonchev–Trinajstić information content (AvgIpc) is 3.57. The molecule has 14 nitrogen and oxygen atoms in total. The molecular formula is C49H77NO13S. The molecular weight excluding hydrogens is 843 g/mol. The van der Waals surface area contributed by atoms with Crippen LogP contribution >= 0.6 is 11.3 Å². The van der Waals surface area contributed by atoms with Gasteiger partial charge in [-0.2, -0.15) is 0 Å². The van der Waals surface area contributed by atoms with Gasteiger partial charge in [0.15, 0.2) is 0 Å². The monoisotopic (exact) mass is 920 g/mol. The number of nitrogens with zero attached hydrogens (tertiary/aromatic N) is 1. The van der Waals surface area contributed by atoms with Crippen LogP contribution in [0, 0.1) is 35.5 Å². The lowest BCUT2D eigenvalue weighted by Crippen LogP contribution is -2.51. The highest BCUT2D eigenvalue weighted by atomic mass is 32.1. The van der Waals surface area contributed by atoms with E-state index in [2.05, 4.69) is 0 Å². The van der Waals surface area contributed by atoms with Gasteiger partial charge in [0.05, 0.1) is 48.6 Å². The van der Waals surface area contributed by atoms with E-state index in [1.165, 1.54) is 46.1 Å². The fraction of sp³-hybridized carbons (Fsp3) is 0.714. The molecule has 0 spiro atoms. The minimum Gasteiger partial charge on any atom is -0.455 e. The normalized spacial score (nSPS) is 38.3. The van der Waals surface area contributed by atoms with Crippen molar-refractivity contribution in [3.63, 3.8) is 0 Å². The Labute approximate surface area is 384 Å². The zero-order valence-corrected chi connectivity index (χ0v) is 41.0. The Morgan fingerprint density at radius 2 is 1.73 bits per heavy atom. The van der Waals surface area contributed by atoms with Crippen molar-refractivity contribution in [2.75, 3.05) is 13.7 Å². The number of hydrogen-bond acceptors (Lipinski definition) is 15. The van der Waals surface area contributed by atoms with Crippen LogP contribution in [-0.2, 0) is 45.4 Å². The molecule has 0 bridgehead atoms. The first-order valence-corrected chi connectivity index (χ1v) is 23.5. The van der Waals surface area contributed by atoms with Crippen molar-refractivity contribution in [2.24, 2.45) is 35.5 Å². The van der Waals surface area contributed by atoms with Crippen molar-refractivity contribution in [3.8, 4) is 0 Å². The molecule has 362 valence electrons. The smallest absolute Gasteiger partial charge is 0.350 e. The Kier molecular flexibility index (Phi) is 20.3. The van der Waals surface area contributed by atoms with Gasteiger partial charge in [-0.25, -0.2) is 9.78 Å². The number of Topliss-reactive ketones (excluding diaryl/α,β-unsaturated/α-hetero) is 1.